The Labute approximate surface area is 102 Å². The molecule has 17 heavy (non-hydrogen) atoms. The molecule has 0 spiro atoms. The van der Waals surface area contributed by atoms with Crippen molar-refractivity contribution in [3.05, 3.63) is 47.1 Å². The Morgan fingerprint density at radius 3 is 2.76 bits per heavy atom. The van der Waals surface area contributed by atoms with Crippen LogP contribution in [0.15, 0.2) is 30.7 Å². The van der Waals surface area contributed by atoms with E-state index in [-0.39, 0.29) is 5.91 Å². The van der Waals surface area contributed by atoms with E-state index in [0.717, 1.165) is 0 Å². The molecule has 2 aromatic heterocycles. The van der Waals surface area contributed by atoms with Crippen molar-refractivity contribution in [3.63, 3.8) is 0 Å². The summed E-state index contributed by atoms with van der Waals surface area (Å²) in [6.45, 7) is 0.360. The number of amides is 1. The van der Waals surface area contributed by atoms with Crippen LogP contribution in [0.2, 0.25) is 5.02 Å². The van der Waals surface area contributed by atoms with Crippen LogP contribution >= 0.6 is 11.6 Å². The molecule has 0 unspecified atom stereocenters. The van der Waals surface area contributed by atoms with Crippen molar-refractivity contribution in [3.8, 4) is 0 Å². The number of carbonyl (C=O) groups is 1. The van der Waals surface area contributed by atoms with E-state index in [4.69, 9.17) is 11.6 Å². The molecule has 3 heterocycles. The van der Waals surface area contributed by atoms with Crippen molar-refractivity contribution in [1.29, 1.82) is 0 Å². The van der Waals surface area contributed by atoms with Crippen LogP contribution in [0.1, 0.15) is 16.2 Å². The van der Waals surface area contributed by atoms with Gasteiger partial charge in [-0.1, -0.05) is 11.6 Å². The van der Waals surface area contributed by atoms with Crippen LogP contribution in [0.4, 0.5) is 5.82 Å². The summed E-state index contributed by atoms with van der Waals surface area (Å²) < 4.78 is 0. The van der Waals surface area contributed by atoms with Gasteiger partial charge in [0.25, 0.3) is 5.91 Å². The second-order valence-corrected chi connectivity index (χ2v) is 3.96. The molecule has 1 aliphatic rings. The van der Waals surface area contributed by atoms with Gasteiger partial charge in [0.2, 0.25) is 0 Å². The van der Waals surface area contributed by atoms with Gasteiger partial charge in [-0.3, -0.25) is 14.7 Å². The first-order valence-electron chi connectivity index (χ1n) is 4.99. The first kappa shape index (κ1) is 10.2. The molecule has 0 aromatic carbocycles. The van der Waals surface area contributed by atoms with Crippen LogP contribution in [0, 0.1) is 0 Å². The van der Waals surface area contributed by atoms with Gasteiger partial charge in [-0.15, -0.1) is 0 Å². The third-order valence-electron chi connectivity index (χ3n) is 2.52. The van der Waals surface area contributed by atoms with Crippen molar-refractivity contribution in [2.75, 3.05) is 4.90 Å². The summed E-state index contributed by atoms with van der Waals surface area (Å²) in [4.78, 5) is 25.8. The van der Waals surface area contributed by atoms with E-state index >= 15 is 0 Å². The van der Waals surface area contributed by atoms with E-state index in [9.17, 15) is 4.79 Å². The van der Waals surface area contributed by atoms with Gasteiger partial charge in [0, 0.05) is 18.6 Å². The summed E-state index contributed by atoms with van der Waals surface area (Å²) in [5.74, 6) is 0.229. The molecule has 1 aliphatic heterocycles. The van der Waals surface area contributed by atoms with Crippen LogP contribution in [-0.4, -0.2) is 20.9 Å². The van der Waals surface area contributed by atoms with Crippen molar-refractivity contribution in [2.24, 2.45) is 0 Å². The normalized spacial score (nSPS) is 13.9. The zero-order chi connectivity index (χ0) is 11.8. The number of fused-ring (bicyclic) bond motifs is 1. The molecule has 0 saturated heterocycles. The Bertz CT molecular complexity index is 602. The Kier molecular flexibility index (Phi) is 2.26. The summed E-state index contributed by atoms with van der Waals surface area (Å²) >= 11 is 6.02. The van der Waals surface area contributed by atoms with Crippen LogP contribution in [0.3, 0.4) is 0 Å². The molecule has 0 radical (unpaired) electrons. The van der Waals surface area contributed by atoms with Gasteiger partial charge in [-0.2, -0.15) is 0 Å². The minimum absolute atomic E-state index is 0.214. The minimum Gasteiger partial charge on any atom is -0.284 e. The van der Waals surface area contributed by atoms with Gasteiger partial charge in [0.05, 0.1) is 17.3 Å². The average molecular weight is 247 g/mol. The maximum Gasteiger partial charge on any atom is 0.280 e. The number of hydrogen-bond donors (Lipinski definition) is 0. The summed E-state index contributed by atoms with van der Waals surface area (Å²) in [6.07, 6.45) is 4.66. The molecule has 84 valence electrons. The maximum absolute atomic E-state index is 12.1. The number of anilines is 1. The van der Waals surface area contributed by atoms with E-state index in [1.807, 2.05) is 0 Å². The van der Waals surface area contributed by atoms with E-state index in [2.05, 4.69) is 15.0 Å². The van der Waals surface area contributed by atoms with Gasteiger partial charge in [0.1, 0.15) is 0 Å². The highest BCUT2D eigenvalue weighted by Gasteiger charge is 2.32. The number of nitrogens with zero attached hydrogens (tertiary/aromatic N) is 4. The van der Waals surface area contributed by atoms with Gasteiger partial charge in [-0.05, 0) is 12.1 Å². The molecule has 0 saturated carbocycles. The van der Waals surface area contributed by atoms with Gasteiger partial charge < -0.3 is 0 Å². The second-order valence-electron chi connectivity index (χ2n) is 3.55. The first-order valence-corrected chi connectivity index (χ1v) is 5.37. The number of hydrogen-bond acceptors (Lipinski definition) is 4. The predicted octanol–water partition coefficient (Wildman–Crippen LogP) is 1.69. The lowest BCUT2D eigenvalue weighted by molar-refractivity contribution is 0.0991. The fourth-order valence-electron chi connectivity index (χ4n) is 1.76. The molecular formula is C11H7ClN4O. The molecule has 6 heteroatoms. The molecule has 5 nitrogen and oxygen atoms in total. The largest absolute Gasteiger partial charge is 0.284 e. The number of aromatic nitrogens is 3. The molecule has 0 aliphatic carbocycles. The number of halogens is 1. The number of pyridine rings is 1. The Hall–Kier alpha value is -2.01. The van der Waals surface area contributed by atoms with Crippen LogP contribution in [0.25, 0.3) is 0 Å². The highest BCUT2D eigenvalue weighted by molar-refractivity contribution is 6.33. The smallest absolute Gasteiger partial charge is 0.280 e. The topological polar surface area (TPSA) is 59.0 Å². The fraction of sp³-hybridized carbons (Fsp3) is 0.0909. The van der Waals surface area contributed by atoms with Crippen LogP contribution in [0.5, 0.6) is 0 Å². The molecule has 1 amide bonds. The van der Waals surface area contributed by atoms with Gasteiger partial charge >= 0.3 is 0 Å². The predicted molar refractivity (Wildman–Crippen MR) is 61.8 cm³/mol. The van der Waals surface area contributed by atoms with E-state index in [1.165, 1.54) is 11.1 Å². The van der Waals surface area contributed by atoms with Gasteiger partial charge in [0.15, 0.2) is 11.5 Å². The zero-order valence-electron chi connectivity index (χ0n) is 8.67. The van der Waals surface area contributed by atoms with Crippen molar-refractivity contribution >= 4 is 23.3 Å². The highest BCUT2D eigenvalue weighted by atomic mass is 35.5. The third-order valence-corrected chi connectivity index (χ3v) is 2.82. The number of carbonyl (C=O) groups excluding carboxylic acids is 1. The summed E-state index contributed by atoms with van der Waals surface area (Å²) in [7, 11) is 0. The maximum atomic E-state index is 12.1. The molecule has 2 aromatic rings. The van der Waals surface area contributed by atoms with Crippen molar-refractivity contribution < 1.29 is 4.79 Å². The average Bonchev–Trinajstić information content (AvgIpc) is 2.68. The fourth-order valence-corrected chi connectivity index (χ4v) is 1.98. The standard InChI is InChI=1S/C11H7ClN4O/c12-7-2-1-3-15-10(7)16-6-8-9(11(16)17)14-5-4-13-8/h1-5H,6H2. The summed E-state index contributed by atoms with van der Waals surface area (Å²) in [5.41, 5.74) is 1.02. The summed E-state index contributed by atoms with van der Waals surface area (Å²) in [5, 5.41) is 0.439. The van der Waals surface area contributed by atoms with E-state index < -0.39 is 0 Å². The molecule has 3 rings (SSSR count). The monoisotopic (exact) mass is 246 g/mol. The van der Waals surface area contributed by atoms with Crippen LogP contribution in [-0.2, 0) is 6.54 Å². The van der Waals surface area contributed by atoms with E-state index in [1.54, 1.807) is 24.5 Å². The van der Waals surface area contributed by atoms with Crippen molar-refractivity contribution in [1.82, 2.24) is 15.0 Å². The molecular weight excluding hydrogens is 240 g/mol. The van der Waals surface area contributed by atoms with E-state index in [0.29, 0.717) is 28.8 Å². The SMILES string of the molecule is O=C1c2nccnc2CN1c1ncccc1Cl. The molecule has 0 fully saturated rings. The molecule has 0 bridgehead atoms. The lowest BCUT2D eigenvalue weighted by Gasteiger charge is -2.14. The summed E-state index contributed by atoms with van der Waals surface area (Å²) in [6, 6.07) is 3.41. The first-order chi connectivity index (χ1) is 8.27. The van der Waals surface area contributed by atoms with Gasteiger partial charge in [-0.25, -0.2) is 9.97 Å². The third kappa shape index (κ3) is 1.55. The van der Waals surface area contributed by atoms with Crippen LogP contribution < -0.4 is 4.90 Å². The lowest BCUT2D eigenvalue weighted by atomic mass is 10.3. The quantitative estimate of drug-likeness (QED) is 0.768. The minimum atomic E-state index is -0.214. The number of rotatable bonds is 1. The molecule has 0 N–H and O–H groups in total. The van der Waals surface area contributed by atoms with Crippen molar-refractivity contribution in [2.45, 2.75) is 6.54 Å². The Morgan fingerprint density at radius 1 is 1.18 bits per heavy atom. The molecule has 0 atom stereocenters. The highest BCUT2D eigenvalue weighted by Crippen LogP contribution is 2.29. The zero-order valence-corrected chi connectivity index (χ0v) is 9.42. The lowest BCUT2D eigenvalue weighted by Crippen LogP contribution is -2.24. The Balaban J connectivity index is 2.05. The Morgan fingerprint density at radius 2 is 2.00 bits per heavy atom. The second kappa shape index (κ2) is 3.78.